The first-order valence-electron chi connectivity index (χ1n) is 6.92. The first-order valence-corrected chi connectivity index (χ1v) is 6.92. The normalized spacial score (nSPS) is 18.0. The van der Waals surface area contributed by atoms with E-state index >= 15 is 0 Å². The van der Waals surface area contributed by atoms with Crippen LogP contribution in [-0.2, 0) is 22.6 Å². The molecule has 2 N–H and O–H groups in total. The highest BCUT2D eigenvalue weighted by molar-refractivity contribution is 6.04. The van der Waals surface area contributed by atoms with Crippen LogP contribution in [0.25, 0.3) is 0 Å². The minimum Gasteiger partial charge on any atom is -0.481 e. The molecule has 21 heavy (non-hydrogen) atoms. The molecule has 3 amide bonds. The van der Waals surface area contributed by atoms with E-state index in [0.717, 1.165) is 12.0 Å². The Hall–Kier alpha value is -2.37. The molecule has 1 aromatic carbocycles. The summed E-state index contributed by atoms with van der Waals surface area (Å²) in [7, 11) is 0. The van der Waals surface area contributed by atoms with E-state index in [9.17, 15) is 14.4 Å². The quantitative estimate of drug-likeness (QED) is 0.778. The smallest absolute Gasteiger partial charge is 0.325 e. The predicted octanol–water partition coefficient (Wildman–Crippen LogP) is 1.53. The van der Waals surface area contributed by atoms with Gasteiger partial charge in [0.1, 0.15) is 6.04 Å². The number of nitrogens with one attached hydrogen (secondary N) is 1. The highest BCUT2D eigenvalue weighted by Gasteiger charge is 2.36. The lowest BCUT2D eigenvalue weighted by molar-refractivity contribution is -0.136. The van der Waals surface area contributed by atoms with Gasteiger partial charge in [-0.2, -0.15) is 0 Å². The van der Waals surface area contributed by atoms with Gasteiger partial charge in [-0.15, -0.1) is 0 Å². The molecule has 1 heterocycles. The Labute approximate surface area is 122 Å². The maximum absolute atomic E-state index is 12.1. The zero-order valence-corrected chi connectivity index (χ0v) is 11.8. The van der Waals surface area contributed by atoms with Crippen molar-refractivity contribution in [2.75, 3.05) is 0 Å². The zero-order chi connectivity index (χ0) is 15.4. The third kappa shape index (κ3) is 3.59. The number of amides is 3. The third-order valence-electron chi connectivity index (χ3n) is 3.40. The highest BCUT2D eigenvalue weighted by atomic mass is 16.4. The van der Waals surface area contributed by atoms with Gasteiger partial charge in [0.2, 0.25) is 0 Å². The predicted molar refractivity (Wildman–Crippen MR) is 75.6 cm³/mol. The molecule has 0 spiro atoms. The average molecular weight is 290 g/mol. The molecule has 1 saturated heterocycles. The maximum Gasteiger partial charge on any atom is 0.325 e. The van der Waals surface area contributed by atoms with Crippen molar-refractivity contribution in [1.29, 1.82) is 0 Å². The second kappa shape index (κ2) is 6.39. The van der Waals surface area contributed by atoms with Crippen LogP contribution in [0, 0.1) is 0 Å². The van der Waals surface area contributed by atoms with Crippen LogP contribution < -0.4 is 5.32 Å². The van der Waals surface area contributed by atoms with E-state index in [1.807, 2.05) is 6.92 Å². The minimum atomic E-state index is -0.890. The Balaban J connectivity index is 2.02. The number of nitrogens with zero attached hydrogens (tertiary/aromatic N) is 1. The van der Waals surface area contributed by atoms with Gasteiger partial charge in [0.25, 0.3) is 5.91 Å². The van der Waals surface area contributed by atoms with Crippen molar-refractivity contribution in [3.8, 4) is 0 Å². The lowest BCUT2D eigenvalue weighted by Gasteiger charge is -2.13. The summed E-state index contributed by atoms with van der Waals surface area (Å²) in [5.74, 6) is -1.09. The van der Waals surface area contributed by atoms with Crippen molar-refractivity contribution >= 4 is 17.9 Å². The fraction of sp³-hybridized carbons (Fsp3) is 0.400. The maximum atomic E-state index is 12.1. The molecule has 1 aliphatic rings. The molecule has 1 aliphatic heterocycles. The monoisotopic (exact) mass is 290 g/mol. The SMILES string of the molecule is CCCC1NC(=O)N(Cc2ccc(CC(=O)O)cc2)C1=O. The van der Waals surface area contributed by atoms with Crippen molar-refractivity contribution in [2.45, 2.75) is 38.8 Å². The van der Waals surface area contributed by atoms with E-state index in [0.29, 0.717) is 12.0 Å². The lowest BCUT2D eigenvalue weighted by Crippen LogP contribution is -2.30. The number of hydrogen-bond acceptors (Lipinski definition) is 3. The molecule has 6 nitrogen and oxygen atoms in total. The average Bonchev–Trinajstić information content (AvgIpc) is 2.68. The molecule has 0 saturated carbocycles. The van der Waals surface area contributed by atoms with Crippen molar-refractivity contribution in [1.82, 2.24) is 10.2 Å². The number of benzene rings is 1. The molecule has 0 radical (unpaired) electrons. The van der Waals surface area contributed by atoms with E-state index in [4.69, 9.17) is 5.11 Å². The number of carbonyl (C=O) groups is 3. The van der Waals surface area contributed by atoms with Gasteiger partial charge in [0, 0.05) is 0 Å². The van der Waals surface area contributed by atoms with Crippen LogP contribution in [-0.4, -0.2) is 34.0 Å². The van der Waals surface area contributed by atoms with Gasteiger partial charge in [0.05, 0.1) is 13.0 Å². The largest absolute Gasteiger partial charge is 0.481 e. The molecule has 0 aromatic heterocycles. The lowest BCUT2D eigenvalue weighted by atomic mass is 10.1. The van der Waals surface area contributed by atoms with Crippen LogP contribution in [0.4, 0.5) is 4.79 Å². The van der Waals surface area contributed by atoms with Crippen molar-refractivity contribution in [3.05, 3.63) is 35.4 Å². The summed E-state index contributed by atoms with van der Waals surface area (Å²) in [5, 5.41) is 11.4. The highest BCUT2D eigenvalue weighted by Crippen LogP contribution is 2.15. The summed E-state index contributed by atoms with van der Waals surface area (Å²) in [6.45, 7) is 2.17. The number of rotatable bonds is 6. The standard InChI is InChI=1S/C15H18N2O4/c1-2-3-12-14(20)17(15(21)16-12)9-11-6-4-10(5-7-11)8-13(18)19/h4-7,12H,2-3,8-9H2,1H3,(H,16,21)(H,18,19). The number of imide groups is 1. The molecular weight excluding hydrogens is 272 g/mol. The number of urea groups is 1. The number of carbonyl (C=O) groups excluding carboxylic acids is 2. The van der Waals surface area contributed by atoms with E-state index < -0.39 is 12.0 Å². The summed E-state index contributed by atoms with van der Waals surface area (Å²) in [4.78, 5) is 35.7. The van der Waals surface area contributed by atoms with Gasteiger partial charge < -0.3 is 10.4 Å². The number of carboxylic acid groups (broad SMARTS) is 1. The van der Waals surface area contributed by atoms with Crippen molar-refractivity contribution in [3.63, 3.8) is 0 Å². The second-order valence-electron chi connectivity index (χ2n) is 5.10. The van der Waals surface area contributed by atoms with Crippen LogP contribution in [0.1, 0.15) is 30.9 Å². The number of aliphatic carboxylic acids is 1. The van der Waals surface area contributed by atoms with Gasteiger partial charge in [-0.3, -0.25) is 14.5 Å². The van der Waals surface area contributed by atoms with Gasteiger partial charge in [0.15, 0.2) is 0 Å². The van der Waals surface area contributed by atoms with Crippen molar-refractivity contribution in [2.24, 2.45) is 0 Å². The number of hydrogen-bond donors (Lipinski definition) is 2. The van der Waals surface area contributed by atoms with Crippen LogP contribution in [0.2, 0.25) is 0 Å². The van der Waals surface area contributed by atoms with Crippen molar-refractivity contribution < 1.29 is 19.5 Å². The van der Waals surface area contributed by atoms with Gasteiger partial charge >= 0.3 is 12.0 Å². The Kier molecular flexibility index (Phi) is 4.57. The summed E-state index contributed by atoms with van der Waals surface area (Å²) < 4.78 is 0. The van der Waals surface area contributed by atoms with Crippen LogP contribution >= 0.6 is 0 Å². The van der Waals surface area contributed by atoms with E-state index in [-0.39, 0.29) is 24.9 Å². The molecule has 1 aromatic rings. The Morgan fingerprint density at radius 1 is 1.24 bits per heavy atom. The van der Waals surface area contributed by atoms with Crippen LogP contribution in [0.3, 0.4) is 0 Å². The first-order chi connectivity index (χ1) is 10.0. The fourth-order valence-electron chi connectivity index (χ4n) is 2.33. The van der Waals surface area contributed by atoms with Crippen LogP contribution in [0.5, 0.6) is 0 Å². The molecule has 112 valence electrons. The molecule has 1 atom stereocenters. The van der Waals surface area contributed by atoms with Gasteiger partial charge in [-0.25, -0.2) is 4.79 Å². The van der Waals surface area contributed by atoms with E-state index in [1.165, 1.54) is 4.90 Å². The molecule has 6 heteroatoms. The molecule has 0 aliphatic carbocycles. The topological polar surface area (TPSA) is 86.7 Å². The first kappa shape index (κ1) is 15.0. The summed E-state index contributed by atoms with van der Waals surface area (Å²) in [6.07, 6.45) is 1.43. The van der Waals surface area contributed by atoms with Gasteiger partial charge in [-0.05, 0) is 17.5 Å². The van der Waals surface area contributed by atoms with Crippen LogP contribution in [0.15, 0.2) is 24.3 Å². The fourth-order valence-corrected chi connectivity index (χ4v) is 2.33. The minimum absolute atomic E-state index is 0.0397. The zero-order valence-electron chi connectivity index (χ0n) is 11.8. The number of carboxylic acids is 1. The molecule has 1 fully saturated rings. The van der Waals surface area contributed by atoms with E-state index in [1.54, 1.807) is 24.3 Å². The Morgan fingerprint density at radius 3 is 2.43 bits per heavy atom. The summed E-state index contributed by atoms with van der Waals surface area (Å²) in [6, 6.07) is 6.09. The van der Waals surface area contributed by atoms with E-state index in [2.05, 4.69) is 5.32 Å². The summed E-state index contributed by atoms with van der Waals surface area (Å²) >= 11 is 0. The molecule has 2 rings (SSSR count). The third-order valence-corrected chi connectivity index (χ3v) is 3.40. The Bertz CT molecular complexity index is 553. The molecular formula is C15H18N2O4. The molecule has 0 bridgehead atoms. The second-order valence-corrected chi connectivity index (χ2v) is 5.10. The molecule has 1 unspecified atom stereocenters. The Morgan fingerprint density at radius 2 is 1.86 bits per heavy atom. The van der Waals surface area contributed by atoms with Gasteiger partial charge in [-0.1, -0.05) is 37.6 Å². The summed E-state index contributed by atoms with van der Waals surface area (Å²) in [5.41, 5.74) is 1.48.